The third-order valence-electron chi connectivity index (χ3n) is 5.82. The van der Waals surface area contributed by atoms with E-state index in [0.29, 0.717) is 0 Å². The standard InChI is InChI=1S/C21H33N3O/c1-3-4-13-23(2)16-17-11-14-24(15-12-17)20-10-9-18-7-5-6-8-19(18)22-21(20)25/h5-8,17,20H,3-4,9-16H2,1-2H3,(H,22,25)/t20-/m1/s1. The molecule has 1 aromatic rings. The Morgan fingerprint density at radius 2 is 1.96 bits per heavy atom. The molecule has 4 heteroatoms. The van der Waals surface area contributed by atoms with E-state index >= 15 is 0 Å². The van der Waals surface area contributed by atoms with Crippen molar-refractivity contribution in [3.05, 3.63) is 29.8 Å². The van der Waals surface area contributed by atoms with Crippen LogP contribution in [0.25, 0.3) is 0 Å². The van der Waals surface area contributed by atoms with Crippen LogP contribution in [0.3, 0.4) is 0 Å². The van der Waals surface area contributed by atoms with E-state index in [1.54, 1.807) is 0 Å². The van der Waals surface area contributed by atoms with Crippen molar-refractivity contribution in [1.29, 1.82) is 0 Å². The number of unbranched alkanes of at least 4 members (excludes halogenated alkanes) is 1. The van der Waals surface area contributed by atoms with E-state index in [9.17, 15) is 4.79 Å². The van der Waals surface area contributed by atoms with Crippen LogP contribution in [0.4, 0.5) is 5.69 Å². The van der Waals surface area contributed by atoms with Crippen molar-refractivity contribution in [1.82, 2.24) is 9.80 Å². The van der Waals surface area contributed by atoms with Crippen molar-refractivity contribution >= 4 is 11.6 Å². The summed E-state index contributed by atoms with van der Waals surface area (Å²) in [6, 6.07) is 8.25. The van der Waals surface area contributed by atoms with Gasteiger partial charge in [0.1, 0.15) is 0 Å². The van der Waals surface area contributed by atoms with Gasteiger partial charge in [0, 0.05) is 12.2 Å². The lowest BCUT2D eigenvalue weighted by Crippen LogP contribution is -2.48. The maximum Gasteiger partial charge on any atom is 0.241 e. The SMILES string of the molecule is CCCCN(C)CC1CCN([C@@H]2CCc3ccccc3NC2=O)CC1. The first-order chi connectivity index (χ1) is 12.2. The van der Waals surface area contributed by atoms with Gasteiger partial charge >= 0.3 is 0 Å². The van der Waals surface area contributed by atoms with Gasteiger partial charge in [0.25, 0.3) is 0 Å². The second kappa shape index (κ2) is 8.81. The Labute approximate surface area is 152 Å². The van der Waals surface area contributed by atoms with E-state index in [1.807, 2.05) is 12.1 Å². The van der Waals surface area contributed by atoms with Crippen LogP contribution in [0.5, 0.6) is 0 Å². The highest BCUT2D eigenvalue weighted by Crippen LogP contribution is 2.27. The Kier molecular flexibility index (Phi) is 6.49. The molecule has 0 radical (unpaired) electrons. The van der Waals surface area contributed by atoms with Gasteiger partial charge in [-0.1, -0.05) is 31.5 Å². The zero-order valence-corrected chi connectivity index (χ0v) is 15.8. The number of carbonyl (C=O) groups is 1. The average Bonchev–Trinajstić information content (AvgIpc) is 2.79. The molecule has 0 spiro atoms. The molecule has 0 unspecified atom stereocenters. The smallest absolute Gasteiger partial charge is 0.241 e. The second-order valence-corrected chi connectivity index (χ2v) is 7.80. The normalized spacial score (nSPS) is 22.5. The number of hydrogen-bond donors (Lipinski definition) is 1. The zero-order valence-electron chi connectivity index (χ0n) is 15.8. The maximum absolute atomic E-state index is 12.7. The number of benzene rings is 1. The summed E-state index contributed by atoms with van der Waals surface area (Å²) in [5.74, 6) is 0.965. The minimum Gasteiger partial charge on any atom is -0.324 e. The summed E-state index contributed by atoms with van der Waals surface area (Å²) in [6.45, 7) is 6.78. The summed E-state index contributed by atoms with van der Waals surface area (Å²) < 4.78 is 0. The van der Waals surface area contributed by atoms with Crippen LogP contribution in [-0.4, -0.2) is 55.0 Å². The average molecular weight is 344 g/mol. The zero-order chi connectivity index (χ0) is 17.6. The molecule has 2 heterocycles. The number of nitrogens with zero attached hydrogens (tertiary/aromatic N) is 2. The lowest BCUT2D eigenvalue weighted by molar-refractivity contribution is -0.122. The lowest BCUT2D eigenvalue weighted by atomic mass is 9.94. The van der Waals surface area contributed by atoms with Gasteiger partial charge in [0.05, 0.1) is 6.04 Å². The number of anilines is 1. The Morgan fingerprint density at radius 3 is 2.72 bits per heavy atom. The van der Waals surface area contributed by atoms with E-state index < -0.39 is 0 Å². The number of fused-ring (bicyclic) bond motifs is 1. The van der Waals surface area contributed by atoms with Crippen molar-refractivity contribution in [2.24, 2.45) is 5.92 Å². The molecule has 2 aliphatic heterocycles. The van der Waals surface area contributed by atoms with Crippen molar-refractivity contribution in [3.8, 4) is 0 Å². The third-order valence-corrected chi connectivity index (χ3v) is 5.82. The Balaban J connectivity index is 1.50. The van der Waals surface area contributed by atoms with Crippen molar-refractivity contribution in [2.45, 2.75) is 51.5 Å². The van der Waals surface area contributed by atoms with Gasteiger partial charge in [-0.25, -0.2) is 0 Å². The maximum atomic E-state index is 12.7. The van der Waals surface area contributed by atoms with Gasteiger partial charge in [-0.15, -0.1) is 0 Å². The molecule has 1 N–H and O–H groups in total. The van der Waals surface area contributed by atoms with E-state index in [1.165, 1.54) is 44.3 Å². The van der Waals surface area contributed by atoms with Gasteiger partial charge in [-0.2, -0.15) is 0 Å². The molecule has 138 valence electrons. The molecule has 0 bridgehead atoms. The number of likely N-dealkylation sites (tertiary alicyclic amines) is 1. The third kappa shape index (κ3) is 4.83. The van der Waals surface area contributed by atoms with Crippen LogP contribution < -0.4 is 5.32 Å². The van der Waals surface area contributed by atoms with Crippen molar-refractivity contribution in [3.63, 3.8) is 0 Å². The minimum absolute atomic E-state index is 0.0335. The highest BCUT2D eigenvalue weighted by molar-refractivity contribution is 5.96. The van der Waals surface area contributed by atoms with Crippen LogP contribution in [-0.2, 0) is 11.2 Å². The minimum atomic E-state index is 0.0335. The van der Waals surface area contributed by atoms with E-state index in [0.717, 1.165) is 37.5 Å². The lowest BCUT2D eigenvalue weighted by Gasteiger charge is -2.37. The Bertz CT molecular complexity index is 566. The Hall–Kier alpha value is -1.39. The summed E-state index contributed by atoms with van der Waals surface area (Å²) >= 11 is 0. The van der Waals surface area contributed by atoms with E-state index in [4.69, 9.17) is 0 Å². The van der Waals surface area contributed by atoms with E-state index in [-0.39, 0.29) is 11.9 Å². The molecule has 1 fully saturated rings. The van der Waals surface area contributed by atoms with Crippen LogP contribution in [0, 0.1) is 5.92 Å². The van der Waals surface area contributed by atoms with Crippen LogP contribution >= 0.6 is 0 Å². The topological polar surface area (TPSA) is 35.6 Å². The van der Waals surface area contributed by atoms with Gasteiger partial charge in [-0.3, -0.25) is 9.69 Å². The number of para-hydroxylation sites is 1. The Morgan fingerprint density at radius 1 is 1.20 bits per heavy atom. The van der Waals surface area contributed by atoms with Gasteiger partial charge < -0.3 is 10.2 Å². The van der Waals surface area contributed by atoms with Crippen molar-refractivity contribution < 1.29 is 4.79 Å². The molecule has 0 aromatic heterocycles. The fourth-order valence-corrected chi connectivity index (χ4v) is 4.26. The van der Waals surface area contributed by atoms with Crippen LogP contribution in [0.2, 0.25) is 0 Å². The first kappa shape index (κ1) is 18.4. The molecular weight excluding hydrogens is 310 g/mol. The molecule has 2 aliphatic rings. The summed E-state index contributed by atoms with van der Waals surface area (Å²) in [6.07, 6.45) is 6.91. The van der Waals surface area contributed by atoms with Gasteiger partial charge in [-0.05, 0) is 76.3 Å². The first-order valence-electron chi connectivity index (χ1n) is 9.98. The highest BCUT2D eigenvalue weighted by atomic mass is 16.2. The molecule has 1 atom stereocenters. The fraction of sp³-hybridized carbons (Fsp3) is 0.667. The summed E-state index contributed by atoms with van der Waals surface area (Å²) in [4.78, 5) is 17.6. The number of hydrogen-bond acceptors (Lipinski definition) is 3. The highest BCUT2D eigenvalue weighted by Gasteiger charge is 2.31. The van der Waals surface area contributed by atoms with Crippen LogP contribution in [0.1, 0.15) is 44.6 Å². The molecule has 25 heavy (non-hydrogen) atoms. The summed E-state index contributed by atoms with van der Waals surface area (Å²) in [5, 5.41) is 3.15. The quantitative estimate of drug-likeness (QED) is 0.860. The number of carbonyl (C=O) groups excluding carboxylic acids is 1. The summed E-state index contributed by atoms with van der Waals surface area (Å²) in [5.41, 5.74) is 2.27. The largest absolute Gasteiger partial charge is 0.324 e. The summed E-state index contributed by atoms with van der Waals surface area (Å²) in [7, 11) is 2.25. The number of nitrogens with one attached hydrogen (secondary N) is 1. The van der Waals surface area contributed by atoms with Crippen LogP contribution in [0.15, 0.2) is 24.3 Å². The van der Waals surface area contributed by atoms with Gasteiger partial charge in [0.2, 0.25) is 5.91 Å². The molecule has 0 saturated carbocycles. The van der Waals surface area contributed by atoms with E-state index in [2.05, 4.69) is 41.2 Å². The molecule has 1 amide bonds. The molecule has 4 nitrogen and oxygen atoms in total. The molecule has 3 rings (SSSR count). The van der Waals surface area contributed by atoms with Crippen molar-refractivity contribution in [2.75, 3.05) is 38.5 Å². The predicted octanol–water partition coefficient (Wildman–Crippen LogP) is 3.38. The number of amides is 1. The monoisotopic (exact) mass is 343 g/mol. The molecular formula is C21H33N3O. The molecule has 1 aromatic carbocycles. The predicted molar refractivity (Wildman–Crippen MR) is 104 cm³/mol. The fourth-order valence-electron chi connectivity index (χ4n) is 4.26. The molecule has 0 aliphatic carbocycles. The second-order valence-electron chi connectivity index (χ2n) is 7.80. The molecule has 1 saturated heterocycles. The number of piperidine rings is 1. The number of aryl methyl sites for hydroxylation is 1. The number of rotatable bonds is 6. The first-order valence-corrected chi connectivity index (χ1v) is 9.98. The van der Waals surface area contributed by atoms with Gasteiger partial charge in [0.15, 0.2) is 0 Å².